The van der Waals surface area contributed by atoms with Gasteiger partial charge in [0.1, 0.15) is 19.8 Å². The Balaban J connectivity index is 4.74. The Morgan fingerprint density at radius 2 is 1.23 bits per heavy atom. The Kier molecular flexibility index (Phi) is 36.5. The smallest absolute Gasteiger partial charge is 0.462 e. The summed E-state index contributed by atoms with van der Waals surface area (Å²) in [6.45, 7) is 3.75. The minimum absolute atomic E-state index is 0.0347. The number of ether oxygens (including phenoxy) is 2. The lowest BCUT2D eigenvalue weighted by Gasteiger charge is -2.24. The fraction of sp³-hybridized carbons (Fsp3) is 0.625. The number of phosphoric acid groups is 1. The van der Waals surface area contributed by atoms with Crippen molar-refractivity contribution in [3.63, 3.8) is 0 Å². The molecule has 1 unspecified atom stereocenters. The highest BCUT2D eigenvalue weighted by atomic mass is 31.2. The lowest BCUT2D eigenvalue weighted by molar-refractivity contribution is -0.870. The van der Waals surface area contributed by atoms with Gasteiger partial charge in [-0.15, -0.1) is 0 Å². The highest BCUT2D eigenvalue weighted by molar-refractivity contribution is 7.47. The van der Waals surface area contributed by atoms with Gasteiger partial charge >= 0.3 is 19.8 Å². The molecule has 0 aromatic heterocycles. The van der Waals surface area contributed by atoms with Crippen molar-refractivity contribution in [2.45, 2.75) is 147 Å². The van der Waals surface area contributed by atoms with Crippen LogP contribution in [-0.4, -0.2) is 109 Å². The van der Waals surface area contributed by atoms with Crippen LogP contribution >= 0.6 is 7.82 Å². The number of phosphoric ester groups is 1. The van der Waals surface area contributed by atoms with Crippen LogP contribution < -0.4 is 0 Å². The van der Waals surface area contributed by atoms with Crippen LogP contribution in [0.5, 0.6) is 0 Å². The van der Waals surface area contributed by atoms with Gasteiger partial charge in [0, 0.05) is 12.8 Å². The molecule has 0 bridgehead atoms. The molecule has 61 heavy (non-hydrogen) atoms. The van der Waals surface area contributed by atoms with Gasteiger partial charge < -0.3 is 34.2 Å². The summed E-state index contributed by atoms with van der Waals surface area (Å²) >= 11 is 0. The molecule has 12 nitrogen and oxygen atoms in total. The number of nitrogens with zero attached hydrogens (tertiary/aromatic N) is 1. The molecular weight excluding hydrogens is 797 g/mol. The van der Waals surface area contributed by atoms with Crippen molar-refractivity contribution in [3.05, 3.63) is 97.2 Å². The van der Waals surface area contributed by atoms with Gasteiger partial charge in [0.25, 0.3) is 0 Å². The number of rotatable bonds is 38. The molecule has 0 heterocycles. The van der Waals surface area contributed by atoms with Crippen LogP contribution in [0.3, 0.4) is 0 Å². The molecule has 0 aliphatic heterocycles. The second-order valence-electron chi connectivity index (χ2n) is 15.9. The summed E-state index contributed by atoms with van der Waals surface area (Å²) in [6, 6.07) is 0. The number of esters is 2. The number of hydrogen-bond donors (Lipinski definition) is 4. The maximum Gasteiger partial charge on any atom is 0.472 e. The monoisotopic (exact) mass is 879 g/mol. The Morgan fingerprint density at radius 1 is 0.639 bits per heavy atom. The summed E-state index contributed by atoms with van der Waals surface area (Å²) in [7, 11) is 1.25. The second kappa shape index (κ2) is 38.5. The molecule has 348 valence electrons. The Labute approximate surface area is 368 Å². The topological polar surface area (TPSA) is 169 Å². The molecular formula is C48H81NO11P+. The molecule has 0 aliphatic rings. The third kappa shape index (κ3) is 40.6. The highest BCUT2D eigenvalue weighted by Gasteiger charge is 2.27. The number of carbonyl (C=O) groups excluding carboxylic acids is 2. The summed E-state index contributed by atoms with van der Waals surface area (Å²) in [5.41, 5.74) is 0. The molecule has 0 aromatic carbocycles. The molecule has 0 spiro atoms. The average molecular weight is 879 g/mol. The first-order valence-electron chi connectivity index (χ1n) is 22.3. The number of hydrogen-bond acceptors (Lipinski definition) is 10. The van der Waals surface area contributed by atoms with Crippen LogP contribution in [0.4, 0.5) is 0 Å². The Hall–Kier alpha value is -3.19. The van der Waals surface area contributed by atoms with Gasteiger partial charge in [0.2, 0.25) is 0 Å². The predicted octanol–water partition coefficient (Wildman–Crippen LogP) is 9.49. The molecule has 0 saturated carbocycles. The number of likely N-dealkylation sites (N-methyl/N-ethyl adjacent to an activating group) is 1. The van der Waals surface area contributed by atoms with Crippen LogP contribution in [0.25, 0.3) is 0 Å². The molecule has 0 radical (unpaired) electrons. The zero-order valence-electron chi connectivity index (χ0n) is 37.9. The van der Waals surface area contributed by atoms with E-state index in [2.05, 4.69) is 62.5 Å². The van der Waals surface area contributed by atoms with E-state index in [9.17, 15) is 34.4 Å². The van der Waals surface area contributed by atoms with Crippen LogP contribution in [0.15, 0.2) is 97.2 Å². The largest absolute Gasteiger partial charge is 0.472 e. The van der Waals surface area contributed by atoms with E-state index in [-0.39, 0.29) is 32.3 Å². The van der Waals surface area contributed by atoms with Crippen molar-refractivity contribution in [2.75, 3.05) is 47.5 Å². The lowest BCUT2D eigenvalue weighted by Crippen LogP contribution is -2.37. The van der Waals surface area contributed by atoms with Crippen LogP contribution in [0, 0.1) is 0 Å². The number of aliphatic hydroxyl groups excluding tert-OH is 3. The lowest BCUT2D eigenvalue weighted by atomic mass is 10.1. The molecule has 0 aliphatic carbocycles. The first-order valence-corrected chi connectivity index (χ1v) is 23.8. The zero-order chi connectivity index (χ0) is 45.5. The predicted molar refractivity (Wildman–Crippen MR) is 246 cm³/mol. The standard InChI is InChI=1S/C48H80NO11P/c1-6-8-10-11-12-13-14-15-16-17-18-19-20-21-22-27-31-37-48(54)60-44(42-59-61(55,56)58-40-39-49(3,4)5)41-57-47(53)38-32-36-46(52)45(51)35-30-26-24-23-25-29-34-43(50)33-28-9-7-2/h8,10,12-13,15-16,18-19,23-26,29-30,34-35,43-46,50-52H,6-7,9,11,14,17,20-22,27-28,31-33,36-42H2,1-5H3/p+1/b10-8-,13-12-,16-15-,19-18-,25-23-,26-24+,34-29+,35-30+/t43-,44-,45-,46-/m1/s1. The normalized spacial score (nSPS) is 16.0. The van der Waals surface area contributed by atoms with Gasteiger partial charge in [0.05, 0.1) is 46.1 Å². The Bertz CT molecular complexity index is 1410. The van der Waals surface area contributed by atoms with E-state index in [0.717, 1.165) is 77.0 Å². The van der Waals surface area contributed by atoms with Crippen LogP contribution in [0.1, 0.15) is 123 Å². The van der Waals surface area contributed by atoms with Crippen molar-refractivity contribution < 1.29 is 57.4 Å². The van der Waals surface area contributed by atoms with Crippen molar-refractivity contribution in [1.29, 1.82) is 0 Å². The van der Waals surface area contributed by atoms with Gasteiger partial charge in [-0.05, 0) is 64.2 Å². The molecule has 0 saturated heterocycles. The summed E-state index contributed by atoms with van der Waals surface area (Å²) < 4.78 is 34.0. The first kappa shape index (κ1) is 57.8. The Morgan fingerprint density at radius 3 is 1.87 bits per heavy atom. The van der Waals surface area contributed by atoms with E-state index in [1.165, 1.54) is 6.08 Å². The molecule has 13 heteroatoms. The SMILES string of the molecule is CC/C=C\C/C=C\C/C=C\C/C=C\CCCCCCC(=O)O[C@H](COC(=O)CCC[C@@H](O)[C@H](O)/C=C/C=C/C=C\C=C\[C@H](O)CCCCC)COP(=O)(O)OCC[N+](C)(C)C. The quantitative estimate of drug-likeness (QED) is 0.0116. The van der Waals surface area contributed by atoms with Crippen molar-refractivity contribution in [2.24, 2.45) is 0 Å². The third-order valence-corrected chi connectivity index (χ3v) is 9.95. The van der Waals surface area contributed by atoms with E-state index in [0.29, 0.717) is 17.4 Å². The molecule has 0 amide bonds. The summed E-state index contributed by atoms with van der Waals surface area (Å²) in [4.78, 5) is 35.4. The fourth-order valence-electron chi connectivity index (χ4n) is 5.33. The molecule has 0 aromatic rings. The molecule has 0 rings (SSSR count). The number of unbranched alkanes of at least 4 members (excludes halogenated alkanes) is 6. The zero-order valence-corrected chi connectivity index (χ0v) is 38.8. The van der Waals surface area contributed by atoms with Gasteiger partial charge in [0.15, 0.2) is 6.10 Å². The number of carbonyl (C=O) groups is 2. The average Bonchev–Trinajstić information content (AvgIpc) is 3.20. The fourth-order valence-corrected chi connectivity index (χ4v) is 6.07. The minimum atomic E-state index is -4.47. The van der Waals surface area contributed by atoms with Crippen molar-refractivity contribution >= 4 is 19.8 Å². The van der Waals surface area contributed by atoms with E-state index in [1.807, 2.05) is 21.1 Å². The number of aliphatic hydroxyl groups is 3. The van der Waals surface area contributed by atoms with Crippen molar-refractivity contribution in [3.8, 4) is 0 Å². The van der Waals surface area contributed by atoms with Gasteiger partial charge in [-0.25, -0.2) is 4.57 Å². The number of quaternary nitrogens is 1. The van der Waals surface area contributed by atoms with E-state index < -0.39 is 57.4 Å². The molecule has 0 fully saturated rings. The first-order chi connectivity index (χ1) is 29.2. The van der Waals surface area contributed by atoms with Gasteiger partial charge in [-0.1, -0.05) is 143 Å². The molecule has 5 atom stereocenters. The highest BCUT2D eigenvalue weighted by Crippen LogP contribution is 2.43. The van der Waals surface area contributed by atoms with E-state index in [1.54, 1.807) is 42.5 Å². The van der Waals surface area contributed by atoms with Crippen molar-refractivity contribution in [1.82, 2.24) is 0 Å². The third-order valence-electron chi connectivity index (χ3n) is 8.96. The maximum absolute atomic E-state index is 12.7. The summed E-state index contributed by atoms with van der Waals surface area (Å²) in [6.07, 6.45) is 39.7. The minimum Gasteiger partial charge on any atom is -0.462 e. The van der Waals surface area contributed by atoms with E-state index >= 15 is 0 Å². The molecule has 4 N–H and O–H groups in total. The van der Waals surface area contributed by atoms with Crippen LogP contribution in [-0.2, 0) is 32.7 Å². The maximum atomic E-state index is 12.7. The van der Waals surface area contributed by atoms with Gasteiger partial charge in [-0.2, -0.15) is 0 Å². The number of allylic oxidation sites excluding steroid dienone is 14. The second-order valence-corrected chi connectivity index (χ2v) is 17.4. The summed E-state index contributed by atoms with van der Waals surface area (Å²) in [5, 5.41) is 30.5. The van der Waals surface area contributed by atoms with E-state index in [4.69, 9.17) is 18.5 Å². The van der Waals surface area contributed by atoms with Gasteiger partial charge in [-0.3, -0.25) is 18.6 Å². The summed E-state index contributed by atoms with van der Waals surface area (Å²) in [5.74, 6) is -1.17. The van der Waals surface area contributed by atoms with Crippen LogP contribution in [0.2, 0.25) is 0 Å².